The number of benzene rings is 2. The number of carbonyl (C=O) groups is 2. The van der Waals surface area contributed by atoms with E-state index in [4.69, 9.17) is 27.9 Å². The van der Waals surface area contributed by atoms with Crippen LogP contribution in [0.3, 0.4) is 0 Å². The lowest BCUT2D eigenvalue weighted by Crippen LogP contribution is -2.31. The smallest absolute Gasteiger partial charge is 0.306 e. The highest BCUT2D eigenvalue weighted by molar-refractivity contribution is 7.18. The van der Waals surface area contributed by atoms with E-state index >= 15 is 0 Å². The predicted octanol–water partition coefficient (Wildman–Crippen LogP) is 4.96. The van der Waals surface area contributed by atoms with Gasteiger partial charge in [-0.05, 0) is 36.8 Å². The second-order valence-corrected chi connectivity index (χ2v) is 8.13. The number of esters is 1. The number of para-hydroxylation sites is 1. The van der Waals surface area contributed by atoms with Crippen molar-refractivity contribution in [2.24, 2.45) is 0 Å². The van der Waals surface area contributed by atoms with Crippen LogP contribution < -0.4 is 5.32 Å². The number of hydrogen-bond acceptors (Lipinski definition) is 5. The van der Waals surface area contributed by atoms with E-state index < -0.39 is 5.97 Å². The minimum absolute atomic E-state index is 0.176. The average molecular weight is 437 g/mol. The molecule has 0 spiro atoms. The summed E-state index contributed by atoms with van der Waals surface area (Å²) in [6, 6.07) is 12.7. The van der Waals surface area contributed by atoms with Gasteiger partial charge < -0.3 is 10.1 Å². The first-order valence-corrected chi connectivity index (χ1v) is 10.2. The van der Waals surface area contributed by atoms with E-state index in [1.54, 1.807) is 29.5 Å². The highest BCUT2D eigenvalue weighted by atomic mass is 35.5. The third kappa shape index (κ3) is 5.44. The highest BCUT2D eigenvalue weighted by Gasteiger charge is 2.14. The molecule has 3 rings (SSSR count). The van der Waals surface area contributed by atoms with Crippen molar-refractivity contribution in [2.75, 3.05) is 6.61 Å². The molecule has 2 aromatic carbocycles. The molecule has 146 valence electrons. The van der Waals surface area contributed by atoms with Crippen molar-refractivity contribution in [2.45, 2.75) is 25.8 Å². The van der Waals surface area contributed by atoms with Crippen LogP contribution in [0.5, 0.6) is 0 Å². The number of aromatic nitrogens is 1. The molecule has 0 saturated carbocycles. The maximum Gasteiger partial charge on any atom is 0.306 e. The molecule has 5 nitrogen and oxygen atoms in total. The van der Waals surface area contributed by atoms with Crippen LogP contribution in [-0.4, -0.2) is 23.5 Å². The molecule has 8 heteroatoms. The Kier molecular flexibility index (Phi) is 6.88. The Morgan fingerprint density at radius 2 is 1.96 bits per heavy atom. The monoisotopic (exact) mass is 436 g/mol. The molecule has 1 atom stereocenters. The molecule has 0 aliphatic rings. The highest BCUT2D eigenvalue weighted by Crippen LogP contribution is 2.25. The summed E-state index contributed by atoms with van der Waals surface area (Å²) in [5.74, 6) is -0.816. The van der Waals surface area contributed by atoms with Crippen LogP contribution in [-0.2, 0) is 20.7 Å². The van der Waals surface area contributed by atoms with Crippen molar-refractivity contribution in [3.63, 3.8) is 0 Å². The normalized spacial score (nSPS) is 12.0. The van der Waals surface area contributed by atoms with Gasteiger partial charge in [0.2, 0.25) is 0 Å². The first-order chi connectivity index (χ1) is 13.4. The molecule has 1 amide bonds. The number of fused-ring (bicyclic) bond motifs is 1. The van der Waals surface area contributed by atoms with E-state index in [2.05, 4.69) is 10.3 Å². The molecule has 0 aliphatic carbocycles. The van der Waals surface area contributed by atoms with Gasteiger partial charge in [0.05, 0.1) is 37.7 Å². The lowest BCUT2D eigenvalue weighted by molar-refractivity contribution is -0.148. The zero-order valence-corrected chi connectivity index (χ0v) is 17.4. The fraction of sp³-hybridized carbons (Fsp3) is 0.250. The Balaban J connectivity index is 1.43. The van der Waals surface area contributed by atoms with Gasteiger partial charge in [0.25, 0.3) is 5.91 Å². The number of nitrogens with zero attached hydrogens (tertiary/aromatic N) is 1. The first kappa shape index (κ1) is 20.6. The Hall–Kier alpha value is -2.15. The Morgan fingerprint density at radius 3 is 2.71 bits per heavy atom. The van der Waals surface area contributed by atoms with Gasteiger partial charge in [0, 0.05) is 6.42 Å². The van der Waals surface area contributed by atoms with Crippen molar-refractivity contribution in [3.8, 4) is 0 Å². The quantitative estimate of drug-likeness (QED) is 0.531. The van der Waals surface area contributed by atoms with Crippen LogP contribution in [0, 0.1) is 0 Å². The van der Waals surface area contributed by atoms with Crippen molar-refractivity contribution in [1.29, 1.82) is 0 Å². The van der Waals surface area contributed by atoms with Crippen LogP contribution in [0.4, 0.5) is 0 Å². The van der Waals surface area contributed by atoms with E-state index in [1.165, 1.54) is 0 Å². The summed E-state index contributed by atoms with van der Waals surface area (Å²) < 4.78 is 6.14. The summed E-state index contributed by atoms with van der Waals surface area (Å²) in [5.41, 5.74) is 1.73. The second kappa shape index (κ2) is 9.37. The van der Waals surface area contributed by atoms with Gasteiger partial charge in [0.15, 0.2) is 6.61 Å². The summed E-state index contributed by atoms with van der Waals surface area (Å²) in [6.07, 6.45) is 0.662. The van der Waals surface area contributed by atoms with Crippen molar-refractivity contribution >= 4 is 56.6 Å². The van der Waals surface area contributed by atoms with E-state index in [1.807, 2.05) is 31.2 Å². The van der Waals surface area contributed by atoms with Crippen molar-refractivity contribution in [1.82, 2.24) is 10.3 Å². The Morgan fingerprint density at radius 1 is 1.18 bits per heavy atom. The van der Waals surface area contributed by atoms with Crippen molar-refractivity contribution in [3.05, 3.63) is 63.1 Å². The third-order valence-electron chi connectivity index (χ3n) is 4.07. The SMILES string of the molecule is CC(NC(=O)COC(=O)CCc1nc2ccccc2s1)c1ccc(Cl)c(Cl)c1. The van der Waals surface area contributed by atoms with Gasteiger partial charge in [0.1, 0.15) is 0 Å². The average Bonchev–Trinajstić information content (AvgIpc) is 3.09. The molecule has 1 unspecified atom stereocenters. The van der Waals surface area contributed by atoms with Crippen LogP contribution in [0.2, 0.25) is 10.0 Å². The molecule has 0 aliphatic heterocycles. The number of ether oxygens (including phenoxy) is 1. The van der Waals surface area contributed by atoms with E-state index in [0.717, 1.165) is 20.8 Å². The van der Waals surface area contributed by atoms with E-state index in [-0.39, 0.29) is 25.0 Å². The predicted molar refractivity (Wildman–Crippen MR) is 112 cm³/mol. The summed E-state index contributed by atoms with van der Waals surface area (Å²) in [4.78, 5) is 28.4. The first-order valence-electron chi connectivity index (χ1n) is 8.67. The zero-order chi connectivity index (χ0) is 20.1. The standard InChI is InChI=1S/C20H18Cl2N2O3S/c1-12(13-6-7-14(21)15(22)10-13)23-18(25)11-27-20(26)9-8-19-24-16-4-2-3-5-17(16)28-19/h2-7,10,12H,8-9,11H2,1H3,(H,23,25). The largest absolute Gasteiger partial charge is 0.456 e. The molecule has 1 N–H and O–H groups in total. The minimum Gasteiger partial charge on any atom is -0.456 e. The number of rotatable bonds is 7. The number of hydrogen-bond donors (Lipinski definition) is 1. The van der Waals surface area contributed by atoms with Gasteiger partial charge in [-0.2, -0.15) is 0 Å². The summed E-state index contributed by atoms with van der Waals surface area (Å²) in [6.45, 7) is 1.48. The van der Waals surface area contributed by atoms with Crippen LogP contribution in [0.15, 0.2) is 42.5 Å². The number of carbonyl (C=O) groups excluding carboxylic acids is 2. The molecule has 0 radical (unpaired) electrons. The lowest BCUT2D eigenvalue weighted by atomic mass is 10.1. The van der Waals surface area contributed by atoms with E-state index in [9.17, 15) is 9.59 Å². The Labute approximate surface area is 176 Å². The number of amides is 1. The van der Waals surface area contributed by atoms with Crippen LogP contribution in [0.25, 0.3) is 10.2 Å². The Bertz CT molecular complexity index is 973. The molecule has 0 bridgehead atoms. The maximum absolute atomic E-state index is 12.0. The molecular formula is C20H18Cl2N2O3S. The topological polar surface area (TPSA) is 68.3 Å². The lowest BCUT2D eigenvalue weighted by Gasteiger charge is -2.15. The summed E-state index contributed by atoms with van der Waals surface area (Å²) in [7, 11) is 0. The molecule has 0 saturated heterocycles. The number of nitrogens with one attached hydrogen (secondary N) is 1. The third-order valence-corrected chi connectivity index (χ3v) is 5.90. The van der Waals surface area contributed by atoms with E-state index in [0.29, 0.717) is 16.5 Å². The minimum atomic E-state index is -0.434. The van der Waals surface area contributed by atoms with Gasteiger partial charge in [-0.3, -0.25) is 9.59 Å². The van der Waals surface area contributed by atoms with Gasteiger partial charge in [-0.25, -0.2) is 4.98 Å². The molecular weight excluding hydrogens is 419 g/mol. The molecule has 3 aromatic rings. The number of halogens is 2. The molecule has 0 fully saturated rings. The number of thiazole rings is 1. The summed E-state index contributed by atoms with van der Waals surface area (Å²) >= 11 is 13.4. The van der Waals surface area contributed by atoms with Gasteiger partial charge in [-0.15, -0.1) is 11.3 Å². The summed E-state index contributed by atoms with van der Waals surface area (Å²) in [5, 5.41) is 4.50. The van der Waals surface area contributed by atoms with Crippen molar-refractivity contribution < 1.29 is 14.3 Å². The van der Waals surface area contributed by atoms with Crippen LogP contribution in [0.1, 0.15) is 30.0 Å². The number of aryl methyl sites for hydroxylation is 1. The molecule has 1 heterocycles. The van der Waals surface area contributed by atoms with Gasteiger partial charge >= 0.3 is 5.97 Å². The fourth-order valence-corrected chi connectivity index (χ4v) is 3.88. The van der Waals surface area contributed by atoms with Gasteiger partial charge in [-0.1, -0.05) is 41.4 Å². The zero-order valence-electron chi connectivity index (χ0n) is 15.1. The van der Waals surface area contributed by atoms with Crippen LogP contribution >= 0.6 is 34.5 Å². The second-order valence-electron chi connectivity index (χ2n) is 6.20. The molecule has 28 heavy (non-hydrogen) atoms. The maximum atomic E-state index is 12.0. The fourth-order valence-electron chi connectivity index (χ4n) is 2.60. The molecule has 1 aromatic heterocycles.